The number of nitrogens with one attached hydrogen (secondary N) is 2. The number of aromatic amines is 1. The number of carbonyl (C=O) groups excluding carboxylic acids is 2. The molecule has 0 fully saturated rings. The van der Waals surface area contributed by atoms with Gasteiger partial charge >= 0.3 is 5.97 Å². The molecule has 0 aliphatic carbocycles. The zero-order valence-electron chi connectivity index (χ0n) is 16.8. The zero-order chi connectivity index (χ0) is 21.1. The van der Waals surface area contributed by atoms with E-state index in [2.05, 4.69) is 22.2 Å². The van der Waals surface area contributed by atoms with Gasteiger partial charge in [-0.3, -0.25) is 9.59 Å². The number of aromatic nitrogens is 2. The van der Waals surface area contributed by atoms with Crippen LogP contribution in [-0.2, 0) is 16.0 Å². The third-order valence-corrected chi connectivity index (χ3v) is 4.98. The van der Waals surface area contributed by atoms with Gasteiger partial charge in [-0.05, 0) is 37.1 Å². The van der Waals surface area contributed by atoms with E-state index in [0.717, 1.165) is 37.4 Å². The first kappa shape index (κ1) is 22.7. The van der Waals surface area contributed by atoms with Crippen molar-refractivity contribution in [3.8, 4) is 0 Å². The summed E-state index contributed by atoms with van der Waals surface area (Å²) < 4.78 is 5.25. The minimum Gasteiger partial charge on any atom is -0.462 e. The molecule has 156 valence electrons. The molecule has 2 aromatic rings. The number of hydrogen-bond donors (Lipinski definition) is 2. The molecule has 0 spiro atoms. The van der Waals surface area contributed by atoms with Crippen LogP contribution in [0.5, 0.6) is 0 Å². The van der Waals surface area contributed by atoms with Gasteiger partial charge in [-0.15, -0.1) is 0 Å². The first-order chi connectivity index (χ1) is 14.0. The van der Waals surface area contributed by atoms with E-state index >= 15 is 0 Å². The second-order valence-corrected chi connectivity index (χ2v) is 7.47. The number of carbonyl (C=O) groups is 2. The molecule has 0 aliphatic rings. The standard InChI is InChI=1S/C21H27N3O4S/c1-3-5-6-7-12-28-20(27)15-8-10-17(11-9-15)22-19(26)14-29-21-23-16(4-2)13-18(25)24-21/h8-11,13H,3-7,12,14H2,1-2H3,(H,22,26)(H,23,24,25). The first-order valence-corrected chi connectivity index (χ1v) is 10.8. The van der Waals surface area contributed by atoms with Crippen LogP contribution in [0.25, 0.3) is 0 Å². The van der Waals surface area contributed by atoms with Crippen molar-refractivity contribution < 1.29 is 14.3 Å². The Bertz CT molecular complexity index is 865. The Kier molecular flexibility index (Phi) is 9.43. The Morgan fingerprint density at radius 2 is 1.90 bits per heavy atom. The Morgan fingerprint density at radius 1 is 1.14 bits per heavy atom. The SMILES string of the molecule is CCCCCCOC(=O)c1ccc(NC(=O)CSc2nc(CC)cc(=O)[nH]2)cc1. The highest BCUT2D eigenvalue weighted by Gasteiger charge is 2.09. The molecule has 0 saturated carbocycles. The molecule has 0 saturated heterocycles. The van der Waals surface area contributed by atoms with Gasteiger partial charge in [-0.25, -0.2) is 9.78 Å². The monoisotopic (exact) mass is 417 g/mol. The number of thioether (sulfide) groups is 1. The third-order valence-electron chi connectivity index (χ3n) is 4.11. The molecule has 2 rings (SSSR count). The number of hydrogen-bond acceptors (Lipinski definition) is 6. The number of esters is 1. The van der Waals surface area contributed by atoms with E-state index in [4.69, 9.17) is 4.74 Å². The molecule has 1 aromatic carbocycles. The summed E-state index contributed by atoms with van der Waals surface area (Å²) in [7, 11) is 0. The van der Waals surface area contributed by atoms with Crippen LogP contribution in [0.3, 0.4) is 0 Å². The summed E-state index contributed by atoms with van der Waals surface area (Å²) in [6.07, 6.45) is 4.85. The van der Waals surface area contributed by atoms with Crippen molar-refractivity contribution >= 4 is 29.3 Å². The highest BCUT2D eigenvalue weighted by molar-refractivity contribution is 7.99. The van der Waals surface area contributed by atoms with Gasteiger partial charge < -0.3 is 15.0 Å². The van der Waals surface area contributed by atoms with Gasteiger partial charge in [0.15, 0.2) is 5.16 Å². The molecule has 29 heavy (non-hydrogen) atoms. The topological polar surface area (TPSA) is 101 Å². The minimum absolute atomic E-state index is 0.109. The maximum atomic E-state index is 12.1. The maximum absolute atomic E-state index is 12.1. The number of unbranched alkanes of at least 4 members (excludes halogenated alkanes) is 3. The van der Waals surface area contributed by atoms with Gasteiger partial charge in [0.05, 0.1) is 17.9 Å². The van der Waals surface area contributed by atoms with Crippen LogP contribution in [0.15, 0.2) is 40.3 Å². The van der Waals surface area contributed by atoms with E-state index in [0.29, 0.717) is 35.1 Å². The molecule has 0 unspecified atom stereocenters. The summed E-state index contributed by atoms with van der Waals surface area (Å²) in [5.74, 6) is -0.482. The third kappa shape index (κ3) is 8.11. The smallest absolute Gasteiger partial charge is 0.338 e. The lowest BCUT2D eigenvalue weighted by molar-refractivity contribution is -0.113. The molecule has 1 amide bonds. The van der Waals surface area contributed by atoms with Gasteiger partial charge in [-0.2, -0.15) is 0 Å². The average Bonchev–Trinajstić information content (AvgIpc) is 2.72. The number of aryl methyl sites for hydroxylation is 1. The molecule has 7 nitrogen and oxygen atoms in total. The molecule has 2 N–H and O–H groups in total. The van der Waals surface area contributed by atoms with Crippen molar-refractivity contribution in [1.29, 1.82) is 0 Å². The number of anilines is 1. The molecule has 0 radical (unpaired) electrons. The van der Waals surface area contributed by atoms with Crippen molar-refractivity contribution in [2.24, 2.45) is 0 Å². The average molecular weight is 418 g/mol. The lowest BCUT2D eigenvalue weighted by atomic mass is 10.2. The van der Waals surface area contributed by atoms with E-state index in [-0.39, 0.29) is 23.2 Å². The van der Waals surface area contributed by atoms with E-state index in [1.807, 2.05) is 6.92 Å². The number of ether oxygens (including phenoxy) is 1. The number of nitrogens with zero attached hydrogens (tertiary/aromatic N) is 1. The van der Waals surface area contributed by atoms with Crippen molar-refractivity contribution in [3.05, 3.63) is 51.9 Å². The van der Waals surface area contributed by atoms with Gasteiger partial charge in [0, 0.05) is 17.4 Å². The van der Waals surface area contributed by atoms with Crippen LogP contribution in [0.4, 0.5) is 5.69 Å². The lowest BCUT2D eigenvalue weighted by Gasteiger charge is -2.07. The Labute approximate surface area is 174 Å². The predicted octanol–water partition coefficient (Wildman–Crippen LogP) is 3.80. The maximum Gasteiger partial charge on any atom is 0.338 e. The Balaban J connectivity index is 1.80. The summed E-state index contributed by atoms with van der Waals surface area (Å²) in [6.45, 7) is 4.46. The molecule has 0 aliphatic heterocycles. The summed E-state index contributed by atoms with van der Waals surface area (Å²) in [4.78, 5) is 42.6. The fourth-order valence-electron chi connectivity index (χ4n) is 2.53. The zero-order valence-corrected chi connectivity index (χ0v) is 17.6. The van der Waals surface area contributed by atoms with Gasteiger partial charge in [0.2, 0.25) is 5.91 Å². The van der Waals surface area contributed by atoms with Crippen LogP contribution in [-0.4, -0.2) is 34.2 Å². The van der Waals surface area contributed by atoms with Gasteiger partial charge in [0.1, 0.15) is 0 Å². The number of benzene rings is 1. The normalized spacial score (nSPS) is 10.6. The van der Waals surface area contributed by atoms with Crippen LogP contribution >= 0.6 is 11.8 Å². The Hall–Kier alpha value is -2.61. The highest BCUT2D eigenvalue weighted by atomic mass is 32.2. The van der Waals surface area contributed by atoms with Crippen LogP contribution in [0.1, 0.15) is 55.6 Å². The second-order valence-electron chi connectivity index (χ2n) is 6.51. The van der Waals surface area contributed by atoms with E-state index < -0.39 is 0 Å². The molecular weight excluding hydrogens is 390 g/mol. The first-order valence-electron chi connectivity index (χ1n) is 9.82. The molecule has 1 aromatic heterocycles. The highest BCUT2D eigenvalue weighted by Crippen LogP contribution is 2.14. The summed E-state index contributed by atoms with van der Waals surface area (Å²) in [5, 5.41) is 3.17. The summed E-state index contributed by atoms with van der Waals surface area (Å²) in [5.41, 5.74) is 1.49. The largest absolute Gasteiger partial charge is 0.462 e. The molecular formula is C21H27N3O4S. The quantitative estimate of drug-likeness (QED) is 0.250. The Morgan fingerprint density at radius 3 is 2.59 bits per heavy atom. The van der Waals surface area contributed by atoms with Crippen LogP contribution < -0.4 is 10.9 Å². The fraction of sp³-hybridized carbons (Fsp3) is 0.429. The molecule has 0 bridgehead atoms. The van der Waals surface area contributed by atoms with Crippen molar-refractivity contribution in [3.63, 3.8) is 0 Å². The van der Waals surface area contributed by atoms with Gasteiger partial charge in [-0.1, -0.05) is 44.9 Å². The second kappa shape index (κ2) is 12.1. The lowest BCUT2D eigenvalue weighted by Crippen LogP contribution is -2.16. The minimum atomic E-state index is -0.360. The molecule has 8 heteroatoms. The van der Waals surface area contributed by atoms with Gasteiger partial charge in [0.25, 0.3) is 5.56 Å². The summed E-state index contributed by atoms with van der Waals surface area (Å²) in [6, 6.07) is 8.02. The van der Waals surface area contributed by atoms with E-state index in [1.165, 1.54) is 6.07 Å². The van der Waals surface area contributed by atoms with Crippen LogP contribution in [0, 0.1) is 0 Å². The van der Waals surface area contributed by atoms with Crippen molar-refractivity contribution in [1.82, 2.24) is 9.97 Å². The van der Waals surface area contributed by atoms with E-state index in [1.54, 1.807) is 24.3 Å². The summed E-state index contributed by atoms with van der Waals surface area (Å²) >= 11 is 1.16. The number of amides is 1. The van der Waals surface area contributed by atoms with Crippen molar-refractivity contribution in [2.75, 3.05) is 17.7 Å². The van der Waals surface area contributed by atoms with Crippen LogP contribution in [0.2, 0.25) is 0 Å². The predicted molar refractivity (Wildman–Crippen MR) is 114 cm³/mol. The van der Waals surface area contributed by atoms with E-state index in [9.17, 15) is 14.4 Å². The molecule has 0 atom stereocenters. The number of rotatable bonds is 11. The number of H-pyrrole nitrogens is 1. The van der Waals surface area contributed by atoms with Crippen molar-refractivity contribution in [2.45, 2.75) is 51.1 Å². The molecule has 1 heterocycles. The fourth-order valence-corrected chi connectivity index (χ4v) is 3.23.